The van der Waals surface area contributed by atoms with E-state index in [1.807, 2.05) is 19.1 Å². The topological polar surface area (TPSA) is 38.0 Å². The van der Waals surface area contributed by atoms with Gasteiger partial charge in [0.2, 0.25) is 0 Å². The Kier molecular flexibility index (Phi) is 2.52. The zero-order chi connectivity index (χ0) is 10.1. The van der Waals surface area contributed by atoms with Crippen LogP contribution < -0.4 is 11.3 Å². The summed E-state index contributed by atoms with van der Waals surface area (Å²) in [4.78, 5) is 0. The zero-order valence-corrected chi connectivity index (χ0v) is 8.26. The molecular formula is C11H15FN2. The van der Waals surface area contributed by atoms with Gasteiger partial charge in [0.15, 0.2) is 0 Å². The maximum atomic E-state index is 13.6. The van der Waals surface area contributed by atoms with Gasteiger partial charge in [-0.3, -0.25) is 11.3 Å². The van der Waals surface area contributed by atoms with Crippen molar-refractivity contribution in [2.75, 3.05) is 0 Å². The molecule has 1 fully saturated rings. The van der Waals surface area contributed by atoms with Gasteiger partial charge in [-0.05, 0) is 37.3 Å². The lowest BCUT2D eigenvalue weighted by atomic mass is 10.0. The van der Waals surface area contributed by atoms with Crippen molar-refractivity contribution in [3.63, 3.8) is 0 Å². The monoisotopic (exact) mass is 194 g/mol. The van der Waals surface area contributed by atoms with Crippen LogP contribution in [0.25, 0.3) is 0 Å². The van der Waals surface area contributed by atoms with Gasteiger partial charge in [0.1, 0.15) is 5.82 Å². The fourth-order valence-electron chi connectivity index (χ4n) is 1.79. The molecule has 0 heterocycles. The number of rotatable bonds is 3. The Morgan fingerprint density at radius 2 is 2.21 bits per heavy atom. The van der Waals surface area contributed by atoms with Crippen LogP contribution in [0.15, 0.2) is 18.2 Å². The maximum absolute atomic E-state index is 13.6. The molecule has 3 heteroatoms. The summed E-state index contributed by atoms with van der Waals surface area (Å²) in [5.74, 6) is 5.79. The first kappa shape index (κ1) is 9.62. The molecule has 0 saturated heterocycles. The number of benzene rings is 1. The molecule has 1 atom stereocenters. The van der Waals surface area contributed by atoms with E-state index in [0.29, 0.717) is 11.5 Å². The van der Waals surface area contributed by atoms with Crippen LogP contribution in [-0.2, 0) is 0 Å². The predicted octanol–water partition coefficient (Wildman–Crippen LogP) is 2.05. The molecule has 2 nitrogen and oxygen atoms in total. The van der Waals surface area contributed by atoms with Crippen LogP contribution in [0.2, 0.25) is 0 Å². The SMILES string of the molecule is Cc1ccc(C(NN)C2CC2)c(F)c1. The lowest BCUT2D eigenvalue weighted by Crippen LogP contribution is -2.30. The average molecular weight is 194 g/mol. The molecule has 0 radical (unpaired) electrons. The molecule has 2 rings (SSSR count). The van der Waals surface area contributed by atoms with Crippen LogP contribution in [0.3, 0.4) is 0 Å². The molecule has 0 spiro atoms. The molecule has 1 unspecified atom stereocenters. The first-order valence-electron chi connectivity index (χ1n) is 4.94. The van der Waals surface area contributed by atoms with Gasteiger partial charge in [-0.15, -0.1) is 0 Å². The summed E-state index contributed by atoms with van der Waals surface area (Å²) in [7, 11) is 0. The number of hydrazine groups is 1. The lowest BCUT2D eigenvalue weighted by molar-refractivity contribution is 0.468. The fourth-order valence-corrected chi connectivity index (χ4v) is 1.79. The molecular weight excluding hydrogens is 179 g/mol. The summed E-state index contributed by atoms with van der Waals surface area (Å²) >= 11 is 0. The first-order valence-corrected chi connectivity index (χ1v) is 4.94. The van der Waals surface area contributed by atoms with Gasteiger partial charge in [0.05, 0.1) is 6.04 Å². The lowest BCUT2D eigenvalue weighted by Gasteiger charge is -2.16. The second-order valence-electron chi connectivity index (χ2n) is 4.01. The van der Waals surface area contributed by atoms with Crippen molar-refractivity contribution in [1.29, 1.82) is 0 Å². The van der Waals surface area contributed by atoms with Gasteiger partial charge in [0.25, 0.3) is 0 Å². The van der Waals surface area contributed by atoms with E-state index >= 15 is 0 Å². The summed E-state index contributed by atoms with van der Waals surface area (Å²) < 4.78 is 13.6. The van der Waals surface area contributed by atoms with Gasteiger partial charge < -0.3 is 0 Å². The quantitative estimate of drug-likeness (QED) is 0.571. The smallest absolute Gasteiger partial charge is 0.128 e. The van der Waals surface area contributed by atoms with E-state index in [9.17, 15) is 4.39 Å². The van der Waals surface area contributed by atoms with Gasteiger partial charge in [-0.25, -0.2) is 4.39 Å². The molecule has 76 valence electrons. The van der Waals surface area contributed by atoms with E-state index in [1.54, 1.807) is 6.07 Å². The van der Waals surface area contributed by atoms with Gasteiger partial charge >= 0.3 is 0 Å². The van der Waals surface area contributed by atoms with Crippen molar-refractivity contribution >= 4 is 0 Å². The second-order valence-corrected chi connectivity index (χ2v) is 4.01. The van der Waals surface area contributed by atoms with Crippen molar-refractivity contribution in [2.24, 2.45) is 11.8 Å². The molecule has 1 saturated carbocycles. The van der Waals surface area contributed by atoms with Gasteiger partial charge in [-0.2, -0.15) is 0 Å². The molecule has 0 aliphatic heterocycles. The third kappa shape index (κ3) is 1.79. The fraction of sp³-hybridized carbons (Fsp3) is 0.455. The first-order chi connectivity index (χ1) is 6.72. The molecule has 3 N–H and O–H groups in total. The largest absolute Gasteiger partial charge is 0.271 e. The van der Waals surface area contributed by atoms with Crippen molar-refractivity contribution < 1.29 is 4.39 Å². The number of aryl methyl sites for hydroxylation is 1. The van der Waals surface area contributed by atoms with Gasteiger partial charge in [0, 0.05) is 5.56 Å². The van der Waals surface area contributed by atoms with E-state index in [2.05, 4.69) is 5.43 Å². The Hall–Kier alpha value is -0.930. The third-order valence-electron chi connectivity index (χ3n) is 2.76. The third-order valence-corrected chi connectivity index (χ3v) is 2.76. The molecule has 0 amide bonds. The molecule has 14 heavy (non-hydrogen) atoms. The summed E-state index contributed by atoms with van der Waals surface area (Å²) in [6.07, 6.45) is 2.28. The highest BCUT2D eigenvalue weighted by molar-refractivity contribution is 5.27. The van der Waals surface area contributed by atoms with Crippen molar-refractivity contribution in [3.05, 3.63) is 35.1 Å². The van der Waals surface area contributed by atoms with Crippen molar-refractivity contribution in [2.45, 2.75) is 25.8 Å². The Morgan fingerprint density at radius 3 is 2.71 bits per heavy atom. The van der Waals surface area contributed by atoms with E-state index in [-0.39, 0.29) is 11.9 Å². The summed E-state index contributed by atoms with van der Waals surface area (Å²) in [5, 5.41) is 0. The number of nitrogens with two attached hydrogens (primary N) is 1. The number of hydrogen-bond donors (Lipinski definition) is 2. The molecule has 1 aliphatic carbocycles. The van der Waals surface area contributed by atoms with Crippen molar-refractivity contribution in [1.82, 2.24) is 5.43 Å². The summed E-state index contributed by atoms with van der Waals surface area (Å²) in [5.41, 5.74) is 4.34. The Balaban J connectivity index is 2.29. The van der Waals surface area contributed by atoms with E-state index in [4.69, 9.17) is 5.84 Å². The van der Waals surface area contributed by atoms with Crippen LogP contribution in [0.5, 0.6) is 0 Å². The van der Waals surface area contributed by atoms with E-state index in [0.717, 1.165) is 18.4 Å². The van der Waals surface area contributed by atoms with Crippen LogP contribution in [0.4, 0.5) is 4.39 Å². The van der Waals surface area contributed by atoms with E-state index in [1.165, 1.54) is 0 Å². The Morgan fingerprint density at radius 1 is 1.50 bits per heavy atom. The van der Waals surface area contributed by atoms with Crippen LogP contribution >= 0.6 is 0 Å². The standard InChI is InChI=1S/C11H15FN2/c1-7-2-5-9(10(12)6-7)11(14-13)8-3-4-8/h2,5-6,8,11,14H,3-4,13H2,1H3. The van der Waals surface area contributed by atoms with Crippen LogP contribution in [0, 0.1) is 18.7 Å². The molecule has 1 aromatic carbocycles. The Labute approximate surface area is 83.3 Å². The minimum absolute atomic E-state index is 0.0180. The van der Waals surface area contributed by atoms with Gasteiger partial charge in [-0.1, -0.05) is 12.1 Å². The highest BCUT2D eigenvalue weighted by Crippen LogP contribution is 2.41. The zero-order valence-electron chi connectivity index (χ0n) is 8.26. The maximum Gasteiger partial charge on any atom is 0.128 e. The van der Waals surface area contributed by atoms with Crippen LogP contribution in [0.1, 0.15) is 30.0 Å². The van der Waals surface area contributed by atoms with Crippen LogP contribution in [-0.4, -0.2) is 0 Å². The normalized spacial score (nSPS) is 18.2. The molecule has 1 aromatic rings. The Bertz CT molecular complexity index is 334. The summed E-state index contributed by atoms with van der Waals surface area (Å²) in [6, 6.07) is 5.29. The number of nitrogens with one attached hydrogen (secondary N) is 1. The highest BCUT2D eigenvalue weighted by Gasteiger charge is 2.32. The number of hydrogen-bond acceptors (Lipinski definition) is 2. The van der Waals surface area contributed by atoms with E-state index < -0.39 is 0 Å². The minimum atomic E-state index is -0.153. The molecule has 0 aromatic heterocycles. The summed E-state index contributed by atoms with van der Waals surface area (Å²) in [6.45, 7) is 1.88. The number of halogens is 1. The average Bonchev–Trinajstić information content (AvgIpc) is 2.93. The molecule has 0 bridgehead atoms. The second kappa shape index (κ2) is 3.67. The minimum Gasteiger partial charge on any atom is -0.271 e. The predicted molar refractivity (Wildman–Crippen MR) is 53.9 cm³/mol. The molecule has 1 aliphatic rings. The van der Waals surface area contributed by atoms with Crippen molar-refractivity contribution in [3.8, 4) is 0 Å². The highest BCUT2D eigenvalue weighted by atomic mass is 19.1.